The number of ether oxygens (including phenoxy) is 2. The smallest absolute Gasteiger partial charge is 0.355 e. The van der Waals surface area contributed by atoms with Crippen molar-refractivity contribution >= 4 is 29.6 Å². The number of esters is 2. The molecule has 1 saturated heterocycles. The van der Waals surface area contributed by atoms with Crippen LogP contribution < -0.4 is 5.73 Å². The van der Waals surface area contributed by atoms with Crippen LogP contribution in [0.15, 0.2) is 23.9 Å². The number of β-lactam (4-membered cyclic amide) rings is 1. The molecule has 0 aromatic rings. The third-order valence-electron chi connectivity index (χ3n) is 3.03. The highest BCUT2D eigenvalue weighted by atomic mass is 32.2. The standard InChI is InChI=1S/C12H14N2O5S/c1-3-6-5-20-11-8(13)10(16)14(11)9(6)12(17)19-4-7(15)18-2/h3,8,11H,1,4-5,13H2,2H3/t8?,11-/m1/s1. The van der Waals surface area contributed by atoms with E-state index >= 15 is 0 Å². The maximum Gasteiger partial charge on any atom is 0.355 e. The zero-order valence-corrected chi connectivity index (χ0v) is 11.6. The molecule has 0 spiro atoms. The molecule has 0 saturated carbocycles. The van der Waals surface area contributed by atoms with E-state index in [9.17, 15) is 14.4 Å². The van der Waals surface area contributed by atoms with Crippen molar-refractivity contribution in [2.75, 3.05) is 19.5 Å². The summed E-state index contributed by atoms with van der Waals surface area (Å²) in [6.07, 6.45) is 1.50. The lowest BCUT2D eigenvalue weighted by Crippen LogP contribution is -2.68. The van der Waals surface area contributed by atoms with E-state index < -0.39 is 24.6 Å². The van der Waals surface area contributed by atoms with E-state index in [1.807, 2.05) is 0 Å². The second-order valence-corrected chi connectivity index (χ2v) is 5.27. The Morgan fingerprint density at radius 3 is 2.90 bits per heavy atom. The van der Waals surface area contributed by atoms with Gasteiger partial charge in [-0.1, -0.05) is 12.7 Å². The second-order valence-electron chi connectivity index (χ2n) is 4.17. The van der Waals surface area contributed by atoms with E-state index in [1.54, 1.807) is 0 Å². The molecule has 7 nitrogen and oxygen atoms in total. The van der Waals surface area contributed by atoms with Crippen LogP contribution in [-0.4, -0.2) is 53.6 Å². The molecule has 2 heterocycles. The quantitative estimate of drug-likeness (QED) is 0.545. The Balaban J connectivity index is 2.19. The molecule has 1 fully saturated rings. The number of hydrogen-bond donors (Lipinski definition) is 1. The van der Waals surface area contributed by atoms with Crippen molar-refractivity contribution in [1.29, 1.82) is 0 Å². The number of methoxy groups -OCH3 is 1. The first-order valence-corrected chi connectivity index (χ1v) is 6.86. The van der Waals surface area contributed by atoms with Gasteiger partial charge < -0.3 is 15.2 Å². The molecule has 0 aromatic heterocycles. The van der Waals surface area contributed by atoms with Gasteiger partial charge in [0.1, 0.15) is 17.1 Å². The molecule has 2 N–H and O–H groups in total. The lowest BCUT2D eigenvalue weighted by molar-refractivity contribution is -0.158. The Bertz CT molecular complexity index is 516. The van der Waals surface area contributed by atoms with Crippen molar-refractivity contribution in [3.63, 3.8) is 0 Å². The summed E-state index contributed by atoms with van der Waals surface area (Å²) in [6, 6.07) is -0.616. The average Bonchev–Trinajstić information content (AvgIpc) is 2.49. The Kier molecular flexibility index (Phi) is 4.15. The minimum absolute atomic E-state index is 0.111. The molecule has 0 radical (unpaired) electrons. The predicted octanol–water partition coefficient (Wildman–Crippen LogP) is -0.615. The Morgan fingerprint density at radius 2 is 2.30 bits per heavy atom. The summed E-state index contributed by atoms with van der Waals surface area (Å²) in [6.45, 7) is 3.11. The molecular formula is C12H14N2O5S. The fourth-order valence-electron chi connectivity index (χ4n) is 1.94. The Labute approximate surface area is 119 Å². The molecule has 2 aliphatic rings. The summed E-state index contributed by atoms with van der Waals surface area (Å²) in [5.41, 5.74) is 6.38. The molecule has 108 valence electrons. The zero-order chi connectivity index (χ0) is 14.9. The molecule has 1 amide bonds. The molecular weight excluding hydrogens is 284 g/mol. The Hall–Kier alpha value is -1.80. The highest BCUT2D eigenvalue weighted by Crippen LogP contribution is 2.39. The van der Waals surface area contributed by atoms with Gasteiger partial charge in [0.15, 0.2) is 6.61 Å². The van der Waals surface area contributed by atoms with Crippen LogP contribution in [0, 0.1) is 0 Å². The summed E-state index contributed by atoms with van der Waals surface area (Å²) in [4.78, 5) is 36.1. The van der Waals surface area contributed by atoms with Crippen molar-refractivity contribution in [3.8, 4) is 0 Å². The molecule has 0 aliphatic carbocycles. The van der Waals surface area contributed by atoms with Gasteiger partial charge in [-0.05, 0) is 5.57 Å². The Morgan fingerprint density at radius 1 is 1.60 bits per heavy atom. The number of nitrogens with two attached hydrogens (primary N) is 1. The van der Waals surface area contributed by atoms with Crippen molar-refractivity contribution in [3.05, 3.63) is 23.9 Å². The van der Waals surface area contributed by atoms with Gasteiger partial charge in [-0.3, -0.25) is 9.69 Å². The molecule has 2 aliphatic heterocycles. The summed E-state index contributed by atoms with van der Waals surface area (Å²) >= 11 is 1.46. The maximum atomic E-state index is 12.1. The van der Waals surface area contributed by atoms with Gasteiger partial charge >= 0.3 is 11.9 Å². The highest BCUT2D eigenvalue weighted by molar-refractivity contribution is 8.00. The lowest BCUT2D eigenvalue weighted by atomic mass is 10.0. The number of carbonyl (C=O) groups is 3. The second kappa shape index (κ2) is 5.68. The molecule has 1 unspecified atom stereocenters. The van der Waals surface area contributed by atoms with Gasteiger partial charge in [-0.15, -0.1) is 11.8 Å². The van der Waals surface area contributed by atoms with Gasteiger partial charge in [0.25, 0.3) is 0 Å². The van der Waals surface area contributed by atoms with Crippen LogP contribution in [0.1, 0.15) is 0 Å². The number of rotatable bonds is 4. The highest BCUT2D eigenvalue weighted by Gasteiger charge is 2.51. The van der Waals surface area contributed by atoms with Crippen molar-refractivity contribution in [2.45, 2.75) is 11.4 Å². The molecule has 0 aromatic carbocycles. The average molecular weight is 298 g/mol. The van der Waals surface area contributed by atoms with E-state index in [0.29, 0.717) is 11.3 Å². The minimum Gasteiger partial charge on any atom is -0.466 e. The number of amides is 1. The van der Waals surface area contributed by atoms with E-state index in [2.05, 4.69) is 11.3 Å². The van der Waals surface area contributed by atoms with Crippen LogP contribution in [-0.2, 0) is 23.9 Å². The molecule has 8 heteroatoms. The normalized spacial score (nSPS) is 24.7. The van der Waals surface area contributed by atoms with Gasteiger partial charge in [-0.25, -0.2) is 9.59 Å². The van der Waals surface area contributed by atoms with E-state index in [-0.39, 0.29) is 17.0 Å². The summed E-state index contributed by atoms with van der Waals surface area (Å²) in [5.74, 6) is -1.26. The fourth-order valence-corrected chi connectivity index (χ4v) is 3.22. The first-order valence-electron chi connectivity index (χ1n) is 5.81. The van der Waals surface area contributed by atoms with Crippen LogP contribution in [0.2, 0.25) is 0 Å². The topological polar surface area (TPSA) is 98.9 Å². The van der Waals surface area contributed by atoms with Gasteiger partial charge in [-0.2, -0.15) is 0 Å². The monoisotopic (exact) mass is 298 g/mol. The minimum atomic E-state index is -0.754. The SMILES string of the molecule is C=CC1=C(C(=O)OCC(=O)OC)N2C(=O)C(N)[C@H]2SC1. The first kappa shape index (κ1) is 14.6. The van der Waals surface area contributed by atoms with Gasteiger partial charge in [0.2, 0.25) is 5.91 Å². The predicted molar refractivity (Wildman–Crippen MR) is 71.3 cm³/mol. The van der Waals surface area contributed by atoms with Crippen LogP contribution in [0.5, 0.6) is 0 Å². The molecule has 0 bridgehead atoms. The number of carbonyl (C=O) groups excluding carboxylic acids is 3. The number of fused-ring (bicyclic) bond motifs is 1. The summed E-state index contributed by atoms with van der Waals surface area (Å²) < 4.78 is 9.22. The van der Waals surface area contributed by atoms with Crippen LogP contribution in [0.3, 0.4) is 0 Å². The third-order valence-corrected chi connectivity index (χ3v) is 4.35. The van der Waals surface area contributed by atoms with Crippen molar-refractivity contribution in [2.24, 2.45) is 5.73 Å². The molecule has 20 heavy (non-hydrogen) atoms. The van der Waals surface area contributed by atoms with Gasteiger partial charge in [0, 0.05) is 5.75 Å². The maximum absolute atomic E-state index is 12.1. The molecule has 2 rings (SSSR count). The number of hydrogen-bond acceptors (Lipinski definition) is 7. The number of allylic oxidation sites excluding steroid dienone is 1. The first-order chi connectivity index (χ1) is 9.51. The van der Waals surface area contributed by atoms with Crippen molar-refractivity contribution in [1.82, 2.24) is 4.90 Å². The lowest BCUT2D eigenvalue weighted by Gasteiger charge is -2.48. The number of nitrogens with zero attached hydrogens (tertiary/aromatic N) is 1. The summed E-state index contributed by atoms with van der Waals surface area (Å²) in [5, 5.41) is -0.271. The molecule has 2 atom stereocenters. The van der Waals surface area contributed by atoms with Gasteiger partial charge in [0.05, 0.1) is 7.11 Å². The largest absolute Gasteiger partial charge is 0.466 e. The van der Waals surface area contributed by atoms with Crippen molar-refractivity contribution < 1.29 is 23.9 Å². The van der Waals surface area contributed by atoms with E-state index in [4.69, 9.17) is 10.5 Å². The van der Waals surface area contributed by atoms with Crippen LogP contribution in [0.4, 0.5) is 0 Å². The fraction of sp³-hybridized carbons (Fsp3) is 0.417. The van der Waals surface area contributed by atoms with Crippen LogP contribution in [0.25, 0.3) is 0 Å². The van der Waals surface area contributed by atoms with E-state index in [0.717, 1.165) is 0 Å². The zero-order valence-electron chi connectivity index (χ0n) is 10.8. The number of thioether (sulfide) groups is 1. The summed E-state index contributed by atoms with van der Waals surface area (Å²) in [7, 11) is 1.19. The van der Waals surface area contributed by atoms with E-state index in [1.165, 1.54) is 29.8 Å². The third kappa shape index (κ3) is 2.32. The van der Waals surface area contributed by atoms with Crippen LogP contribution >= 0.6 is 11.8 Å².